The van der Waals surface area contributed by atoms with Crippen LogP contribution in [0.25, 0.3) is 0 Å². The van der Waals surface area contributed by atoms with Crippen molar-refractivity contribution in [3.8, 4) is 0 Å². The normalized spacial score (nSPS) is 38.8. The first-order chi connectivity index (χ1) is 7.65. The van der Waals surface area contributed by atoms with E-state index in [9.17, 15) is 0 Å². The van der Waals surface area contributed by atoms with Crippen LogP contribution in [0.3, 0.4) is 0 Å². The van der Waals surface area contributed by atoms with Crippen LogP contribution in [0.1, 0.15) is 26.2 Å². The van der Waals surface area contributed by atoms with Gasteiger partial charge in [-0.05, 0) is 52.4 Å². The third-order valence-electron chi connectivity index (χ3n) is 4.18. The third kappa shape index (κ3) is 3.19. The fourth-order valence-corrected chi connectivity index (χ4v) is 3.21. The summed E-state index contributed by atoms with van der Waals surface area (Å²) in [5.41, 5.74) is 0. The van der Waals surface area contributed by atoms with Crippen molar-refractivity contribution in [3.63, 3.8) is 0 Å². The maximum Gasteiger partial charge on any atom is 0.0198 e. The van der Waals surface area contributed by atoms with Gasteiger partial charge in [0, 0.05) is 25.2 Å². The summed E-state index contributed by atoms with van der Waals surface area (Å²) in [4.78, 5) is 4.91. The molecular weight excluding hydrogens is 198 g/mol. The molecule has 3 nitrogen and oxygen atoms in total. The Morgan fingerprint density at radius 3 is 2.44 bits per heavy atom. The molecule has 16 heavy (non-hydrogen) atoms. The zero-order valence-corrected chi connectivity index (χ0v) is 11.1. The lowest BCUT2D eigenvalue weighted by Crippen LogP contribution is -2.54. The van der Waals surface area contributed by atoms with Crippen molar-refractivity contribution in [2.24, 2.45) is 5.92 Å². The van der Waals surface area contributed by atoms with E-state index >= 15 is 0 Å². The zero-order valence-electron chi connectivity index (χ0n) is 11.1. The molecule has 2 aliphatic heterocycles. The number of nitrogens with zero attached hydrogens (tertiary/aromatic N) is 2. The molecule has 3 heteroatoms. The van der Waals surface area contributed by atoms with Gasteiger partial charge in [-0.25, -0.2) is 0 Å². The highest BCUT2D eigenvalue weighted by atomic mass is 15.2. The average molecular weight is 225 g/mol. The smallest absolute Gasteiger partial charge is 0.0198 e. The number of hydrogen-bond acceptors (Lipinski definition) is 3. The van der Waals surface area contributed by atoms with Crippen LogP contribution in [0.5, 0.6) is 0 Å². The molecule has 2 rings (SSSR count). The van der Waals surface area contributed by atoms with E-state index < -0.39 is 0 Å². The second-order valence-electron chi connectivity index (χ2n) is 5.90. The summed E-state index contributed by atoms with van der Waals surface area (Å²) < 4.78 is 0. The van der Waals surface area contributed by atoms with Gasteiger partial charge in [0.2, 0.25) is 0 Å². The Labute approximate surface area is 100 Å². The summed E-state index contributed by atoms with van der Waals surface area (Å²) >= 11 is 0. The Bertz CT molecular complexity index is 219. The maximum absolute atomic E-state index is 3.89. The third-order valence-corrected chi connectivity index (χ3v) is 4.18. The Hall–Kier alpha value is -0.120. The molecule has 94 valence electrons. The standard InChI is InChI=1S/C13H27N3/c1-11-9-16(3)8-6-13(11)14-12-5-4-7-15(2)10-12/h11-14H,4-10H2,1-3H3. The molecule has 0 radical (unpaired) electrons. The van der Waals surface area contributed by atoms with E-state index in [1.807, 2.05) is 0 Å². The van der Waals surface area contributed by atoms with Gasteiger partial charge in [-0.15, -0.1) is 0 Å². The second kappa shape index (κ2) is 5.48. The van der Waals surface area contributed by atoms with E-state index in [-0.39, 0.29) is 0 Å². The highest BCUT2D eigenvalue weighted by Gasteiger charge is 2.27. The predicted molar refractivity (Wildman–Crippen MR) is 68.7 cm³/mol. The molecule has 2 fully saturated rings. The van der Waals surface area contributed by atoms with Crippen molar-refractivity contribution < 1.29 is 0 Å². The van der Waals surface area contributed by atoms with E-state index in [0.29, 0.717) is 0 Å². The molecule has 0 bridgehead atoms. The Morgan fingerprint density at radius 1 is 1.00 bits per heavy atom. The minimum absolute atomic E-state index is 0.731. The maximum atomic E-state index is 3.89. The van der Waals surface area contributed by atoms with Gasteiger partial charge in [-0.2, -0.15) is 0 Å². The molecule has 2 saturated heterocycles. The lowest BCUT2D eigenvalue weighted by molar-refractivity contribution is 0.143. The van der Waals surface area contributed by atoms with Gasteiger partial charge in [0.15, 0.2) is 0 Å². The SMILES string of the molecule is CC1CN(C)CCC1NC1CCCN(C)C1. The summed E-state index contributed by atoms with van der Waals surface area (Å²) in [6.07, 6.45) is 4.04. The average Bonchev–Trinajstić information content (AvgIpc) is 2.22. The highest BCUT2D eigenvalue weighted by molar-refractivity contribution is 4.86. The van der Waals surface area contributed by atoms with Crippen molar-refractivity contribution >= 4 is 0 Å². The van der Waals surface area contributed by atoms with Crippen LogP contribution >= 0.6 is 0 Å². The topological polar surface area (TPSA) is 18.5 Å². The predicted octanol–water partition coefficient (Wildman–Crippen LogP) is 1.01. The first-order valence-corrected chi connectivity index (χ1v) is 6.78. The summed E-state index contributed by atoms with van der Waals surface area (Å²) in [6, 6.07) is 1.47. The monoisotopic (exact) mass is 225 g/mol. The van der Waals surface area contributed by atoms with E-state index in [4.69, 9.17) is 0 Å². The summed E-state index contributed by atoms with van der Waals surface area (Å²) in [5, 5.41) is 3.89. The lowest BCUT2D eigenvalue weighted by Gasteiger charge is -2.39. The zero-order chi connectivity index (χ0) is 11.5. The fraction of sp³-hybridized carbons (Fsp3) is 1.00. The number of likely N-dealkylation sites (tertiary alicyclic amines) is 2. The van der Waals surface area contributed by atoms with Gasteiger partial charge in [-0.1, -0.05) is 6.92 Å². The molecule has 3 unspecified atom stereocenters. The van der Waals surface area contributed by atoms with E-state index in [1.54, 1.807) is 0 Å². The molecule has 0 spiro atoms. The number of likely N-dealkylation sites (N-methyl/N-ethyl adjacent to an activating group) is 1. The van der Waals surface area contributed by atoms with Crippen LogP contribution in [0.15, 0.2) is 0 Å². The molecule has 3 atom stereocenters. The first-order valence-electron chi connectivity index (χ1n) is 6.78. The Kier molecular flexibility index (Phi) is 4.22. The quantitative estimate of drug-likeness (QED) is 0.757. The summed E-state index contributed by atoms with van der Waals surface area (Å²) in [5.74, 6) is 0.797. The van der Waals surface area contributed by atoms with Gasteiger partial charge in [-0.3, -0.25) is 0 Å². The Balaban J connectivity index is 1.80. The Morgan fingerprint density at radius 2 is 1.75 bits per heavy atom. The summed E-state index contributed by atoms with van der Waals surface area (Å²) in [6.45, 7) is 7.41. The summed E-state index contributed by atoms with van der Waals surface area (Å²) in [7, 11) is 4.48. The fourth-order valence-electron chi connectivity index (χ4n) is 3.21. The molecule has 0 aromatic carbocycles. The van der Waals surface area contributed by atoms with Gasteiger partial charge < -0.3 is 15.1 Å². The van der Waals surface area contributed by atoms with Crippen molar-refractivity contribution in [1.29, 1.82) is 0 Å². The van der Waals surface area contributed by atoms with Gasteiger partial charge in [0.25, 0.3) is 0 Å². The molecule has 1 N–H and O–H groups in total. The minimum atomic E-state index is 0.731. The highest BCUT2D eigenvalue weighted by Crippen LogP contribution is 2.18. The van der Waals surface area contributed by atoms with Gasteiger partial charge >= 0.3 is 0 Å². The largest absolute Gasteiger partial charge is 0.310 e. The van der Waals surface area contributed by atoms with Gasteiger partial charge in [0.05, 0.1) is 0 Å². The number of piperidine rings is 2. The molecule has 0 saturated carbocycles. The van der Waals surface area contributed by atoms with E-state index in [1.165, 1.54) is 45.4 Å². The molecule has 0 aromatic rings. The van der Waals surface area contributed by atoms with Crippen LogP contribution in [-0.4, -0.2) is 62.2 Å². The first kappa shape index (κ1) is 12.3. The van der Waals surface area contributed by atoms with Crippen molar-refractivity contribution in [2.45, 2.75) is 38.3 Å². The van der Waals surface area contributed by atoms with Crippen LogP contribution in [0.4, 0.5) is 0 Å². The van der Waals surface area contributed by atoms with Crippen LogP contribution in [0.2, 0.25) is 0 Å². The number of rotatable bonds is 2. The van der Waals surface area contributed by atoms with E-state index in [0.717, 1.165) is 18.0 Å². The number of hydrogen-bond donors (Lipinski definition) is 1. The number of nitrogens with one attached hydrogen (secondary N) is 1. The van der Waals surface area contributed by atoms with E-state index in [2.05, 4.69) is 36.1 Å². The lowest BCUT2D eigenvalue weighted by atomic mass is 9.92. The molecule has 2 aliphatic rings. The second-order valence-corrected chi connectivity index (χ2v) is 5.90. The molecule has 0 aromatic heterocycles. The van der Waals surface area contributed by atoms with Crippen molar-refractivity contribution in [3.05, 3.63) is 0 Å². The van der Waals surface area contributed by atoms with Gasteiger partial charge in [0.1, 0.15) is 0 Å². The van der Waals surface area contributed by atoms with Crippen LogP contribution in [-0.2, 0) is 0 Å². The van der Waals surface area contributed by atoms with Crippen LogP contribution in [0, 0.1) is 5.92 Å². The van der Waals surface area contributed by atoms with Crippen molar-refractivity contribution in [1.82, 2.24) is 15.1 Å². The van der Waals surface area contributed by atoms with Crippen LogP contribution < -0.4 is 5.32 Å². The molecule has 2 heterocycles. The van der Waals surface area contributed by atoms with Crippen molar-refractivity contribution in [2.75, 3.05) is 40.3 Å². The minimum Gasteiger partial charge on any atom is -0.310 e. The molecule has 0 aliphatic carbocycles. The molecular formula is C13H27N3. The molecule has 0 amide bonds.